The first-order chi connectivity index (χ1) is 50.3. The Morgan fingerprint density at radius 3 is 1.36 bits per heavy atom. The van der Waals surface area contributed by atoms with Crippen molar-refractivity contribution in [1.82, 2.24) is 79.3 Å². The molecule has 2 saturated heterocycles. The van der Waals surface area contributed by atoms with Crippen molar-refractivity contribution < 1.29 is 47.3 Å². The molecule has 0 aliphatic carbocycles. The number of benzene rings is 2. The summed E-state index contributed by atoms with van der Waals surface area (Å²) in [7, 11) is -0.952. The third-order valence-electron chi connectivity index (χ3n) is 19.2. The molecule has 12 rings (SSSR count). The molecule has 6 aromatic heterocycles. The Hall–Kier alpha value is -8.48. The molecule has 28 nitrogen and oxygen atoms in total. The summed E-state index contributed by atoms with van der Waals surface area (Å²) in [4.78, 5) is 72.9. The van der Waals surface area contributed by atoms with Gasteiger partial charge < -0.3 is 48.5 Å². The topological polar surface area (TPSA) is 303 Å². The van der Waals surface area contributed by atoms with Gasteiger partial charge in [0.25, 0.3) is 0 Å². The van der Waals surface area contributed by atoms with Gasteiger partial charge in [0.2, 0.25) is 11.9 Å². The zero-order chi connectivity index (χ0) is 79.3. The van der Waals surface area contributed by atoms with E-state index < -0.39 is 25.2 Å². The SMILES string of the molecule is CC(C)(C)OC(=O)N1CCC(CC(=O)c2cn(C(C)(C)C)nn2)c2ccc(Br)cc2C1.CC1(C)OB(B2OC(C)(C)C(C)(C)O2)OC1(C)C.CCn1cc(Nc2nccc(-c3ccc4c(c3)CN(C(=O)OC(C)(C)C)CCC4CC(=O)c3cn(C(C)(C)C)nn3)n2)cn1.CCn1cc(Nc2nccc(Cl)n2)cn1. The fourth-order valence-corrected chi connectivity index (χ4v) is 12.4. The van der Waals surface area contributed by atoms with E-state index in [2.05, 4.69) is 72.3 Å². The number of hydrogen-bond donors (Lipinski definition) is 2. The average Bonchev–Trinajstić information content (AvgIpc) is 1.59. The molecule has 580 valence electrons. The van der Waals surface area contributed by atoms with Gasteiger partial charge in [-0.15, -0.1) is 10.2 Å². The highest BCUT2D eigenvalue weighted by atomic mass is 79.9. The van der Waals surface area contributed by atoms with Gasteiger partial charge >= 0.3 is 26.2 Å². The van der Waals surface area contributed by atoms with E-state index in [1.807, 2.05) is 217 Å². The fourth-order valence-electron chi connectivity index (χ4n) is 11.8. The lowest BCUT2D eigenvalue weighted by Crippen LogP contribution is -2.41. The molecule has 2 fully saturated rings. The minimum Gasteiger partial charge on any atom is -0.444 e. The maximum absolute atomic E-state index is 13.4. The Labute approximate surface area is 648 Å². The smallest absolute Gasteiger partial charge is 0.444 e. The van der Waals surface area contributed by atoms with Crippen molar-refractivity contribution in [1.29, 1.82) is 0 Å². The standard InChI is InChI=1S/C32H41N9O3.C23H31BrN4O3.C12H24B2O4.C9H10ClN5/c1-8-40-19-24(17-34-40)35-29-33-13-11-26(36-29)22-9-10-25-21(16-28(42)27-20-41(38-37-27)31(2,3)4)12-14-39(18-23(25)15-22)30(43)44-32(5,6)7;1-22(2,3)28-14-19(25-26-28)20(29)12-15-9-10-27(21(30)31-23(4,5)6)13-16-11-17(24)7-8-18(15)16;1-9(2)10(3,4)16-13(15-9)14-17-11(5,6)12(7,8)18-14;1-2-15-6-7(5-12-15)13-9-11-4-3-8(10)14-9/h9-11,13,15,17,19-21H,8,12,14,16,18H2,1-7H3,(H,33,35,36);7-8,11,14-15H,9-10,12-13H2,1-6H3;1-8H3;3-6H,2H2,1H3,(H,11,13,14). The summed E-state index contributed by atoms with van der Waals surface area (Å²) in [6.07, 6.45) is 15.1. The van der Waals surface area contributed by atoms with E-state index in [4.69, 9.17) is 44.7 Å². The normalized spacial score (nSPS) is 18.0. The first-order valence-corrected chi connectivity index (χ1v) is 37.9. The van der Waals surface area contributed by atoms with Gasteiger partial charge in [-0.3, -0.25) is 19.0 Å². The third kappa shape index (κ3) is 21.9. The number of ether oxygens (including phenoxy) is 2. The van der Waals surface area contributed by atoms with E-state index in [0.29, 0.717) is 73.9 Å². The van der Waals surface area contributed by atoms with Gasteiger partial charge in [-0.25, -0.2) is 38.9 Å². The summed E-state index contributed by atoms with van der Waals surface area (Å²) >= 11 is 9.26. The van der Waals surface area contributed by atoms with Crippen molar-refractivity contribution >= 4 is 88.6 Å². The van der Waals surface area contributed by atoms with Crippen molar-refractivity contribution in [3.63, 3.8) is 0 Å². The molecule has 2 unspecified atom stereocenters. The predicted octanol–water partition coefficient (Wildman–Crippen LogP) is 15.6. The molecule has 2 aromatic carbocycles. The number of ketones is 2. The van der Waals surface area contributed by atoms with Crippen LogP contribution in [0.15, 0.2) is 103 Å². The van der Waals surface area contributed by atoms with Crippen LogP contribution in [-0.2, 0) is 65.3 Å². The van der Waals surface area contributed by atoms with Crippen LogP contribution in [0.1, 0.15) is 233 Å². The maximum Gasteiger partial charge on any atom is 0.488 e. The minimum atomic E-state index is -0.625. The lowest BCUT2D eigenvalue weighted by atomic mass is 9.49. The number of halogens is 2. The van der Waals surface area contributed by atoms with Crippen LogP contribution < -0.4 is 10.6 Å². The average molecular weight is 1570 g/mol. The zero-order valence-corrected chi connectivity index (χ0v) is 69.0. The highest BCUT2D eigenvalue weighted by Crippen LogP contribution is 2.44. The Morgan fingerprint density at radius 1 is 0.565 bits per heavy atom. The van der Waals surface area contributed by atoms with Gasteiger partial charge in [0.15, 0.2) is 11.6 Å². The summed E-state index contributed by atoms with van der Waals surface area (Å²) in [5.74, 6) is 0.678. The number of aromatic nitrogens is 14. The summed E-state index contributed by atoms with van der Waals surface area (Å²) < 4.78 is 43.2. The van der Waals surface area contributed by atoms with Gasteiger partial charge in [0.05, 0.1) is 75.3 Å². The molecule has 0 saturated carbocycles. The molecule has 2 atom stereocenters. The number of fused-ring (bicyclic) bond motifs is 2. The number of hydrogen-bond acceptors (Lipinski definition) is 22. The number of nitrogens with one attached hydrogen (secondary N) is 2. The summed E-state index contributed by atoms with van der Waals surface area (Å²) in [5.41, 5.74) is 4.92. The van der Waals surface area contributed by atoms with E-state index in [9.17, 15) is 19.2 Å². The second-order valence-electron chi connectivity index (χ2n) is 33.4. The number of carbonyl (C=O) groups excluding carboxylic acids is 4. The van der Waals surface area contributed by atoms with E-state index in [-0.39, 0.29) is 75.5 Å². The Bertz CT molecular complexity index is 4390. The molecule has 4 aliphatic rings. The molecule has 32 heteroatoms. The van der Waals surface area contributed by atoms with E-state index >= 15 is 0 Å². The number of nitrogens with zero attached hydrogens (tertiary/aromatic N) is 16. The Morgan fingerprint density at radius 2 is 0.972 bits per heavy atom. The molecular weight excluding hydrogens is 1460 g/mol. The Balaban J connectivity index is 0.000000181. The summed E-state index contributed by atoms with van der Waals surface area (Å²) in [5, 5.41) is 31.6. The van der Waals surface area contributed by atoms with Gasteiger partial charge in [-0.2, -0.15) is 10.2 Å². The number of amides is 2. The van der Waals surface area contributed by atoms with E-state index in [0.717, 1.165) is 62.4 Å². The number of rotatable bonds is 14. The number of anilines is 4. The second-order valence-corrected chi connectivity index (χ2v) is 34.7. The van der Waals surface area contributed by atoms with Gasteiger partial charge in [0, 0.05) is 86.9 Å². The lowest BCUT2D eigenvalue weighted by molar-refractivity contribution is 0.00578. The monoisotopic (exact) mass is 1570 g/mol. The molecule has 10 heterocycles. The van der Waals surface area contributed by atoms with Crippen molar-refractivity contribution in [2.75, 3.05) is 23.7 Å². The summed E-state index contributed by atoms with van der Waals surface area (Å²) in [6.45, 7) is 46.9. The highest BCUT2D eigenvalue weighted by Gasteiger charge is 2.64. The van der Waals surface area contributed by atoms with Crippen molar-refractivity contribution in [3.8, 4) is 11.3 Å². The molecule has 8 aromatic rings. The van der Waals surface area contributed by atoms with Crippen LogP contribution >= 0.6 is 27.5 Å². The van der Waals surface area contributed by atoms with Gasteiger partial charge in [-0.1, -0.05) is 56.2 Å². The molecule has 4 aliphatic heterocycles. The molecule has 2 amide bonds. The van der Waals surface area contributed by atoms with Crippen LogP contribution in [0.2, 0.25) is 5.15 Å². The molecule has 2 N–H and O–H groups in total. The van der Waals surface area contributed by atoms with E-state index in [1.165, 1.54) is 0 Å². The maximum atomic E-state index is 13.4. The molecule has 0 bridgehead atoms. The number of Topliss-reactive ketones (excluding diaryl/α,β-unsaturated/α-hetero) is 2. The third-order valence-corrected chi connectivity index (χ3v) is 19.9. The summed E-state index contributed by atoms with van der Waals surface area (Å²) in [6, 6.07) is 15.6. The van der Waals surface area contributed by atoms with Gasteiger partial charge in [-0.05, 0) is 230 Å². The van der Waals surface area contributed by atoms with Crippen LogP contribution in [0, 0.1) is 0 Å². The molecule has 108 heavy (non-hydrogen) atoms. The number of carbonyl (C=O) groups is 4. The molecule has 0 spiro atoms. The first kappa shape index (κ1) is 83.6. The van der Waals surface area contributed by atoms with Gasteiger partial charge in [0.1, 0.15) is 27.7 Å². The first-order valence-electron chi connectivity index (χ1n) is 36.7. The second kappa shape index (κ2) is 33.4. The Kier molecular flexibility index (Phi) is 25.8. The van der Waals surface area contributed by atoms with Crippen molar-refractivity contribution in [2.45, 2.75) is 261 Å². The van der Waals surface area contributed by atoms with Crippen LogP contribution in [0.25, 0.3) is 11.3 Å². The van der Waals surface area contributed by atoms with Crippen LogP contribution in [0.3, 0.4) is 0 Å². The minimum absolute atomic E-state index is 0.0113. The van der Waals surface area contributed by atoms with E-state index in [1.54, 1.807) is 62.4 Å². The number of aryl methyl sites for hydroxylation is 2. The van der Waals surface area contributed by atoms with Crippen molar-refractivity contribution in [3.05, 3.63) is 141 Å². The molecular formula is C76H106B2BrClN18O10. The van der Waals surface area contributed by atoms with Crippen LogP contribution in [-0.4, -0.2) is 164 Å². The predicted molar refractivity (Wildman–Crippen MR) is 419 cm³/mol. The quantitative estimate of drug-likeness (QED) is 0.0580. The van der Waals surface area contributed by atoms with Crippen LogP contribution in [0.4, 0.5) is 32.9 Å². The van der Waals surface area contributed by atoms with Crippen molar-refractivity contribution in [2.24, 2.45) is 0 Å². The highest BCUT2D eigenvalue weighted by molar-refractivity contribution is 9.10. The zero-order valence-electron chi connectivity index (χ0n) is 66.6. The largest absolute Gasteiger partial charge is 0.488 e. The fraction of sp³-hybridized carbons (Fsp3) is 0.553. The molecule has 0 radical (unpaired) electrons. The van der Waals surface area contributed by atoms with Crippen LogP contribution in [0.5, 0.6) is 0 Å². The lowest BCUT2D eigenvalue weighted by Gasteiger charge is -2.32.